The number of nitro benzene ring substituents is 1. The van der Waals surface area contributed by atoms with Gasteiger partial charge in [0.05, 0.1) is 16.0 Å². The van der Waals surface area contributed by atoms with Gasteiger partial charge in [0, 0.05) is 12.1 Å². The summed E-state index contributed by atoms with van der Waals surface area (Å²) in [6, 6.07) is 12.3. The molecule has 26 heavy (non-hydrogen) atoms. The maximum Gasteiger partial charge on any atom is 0.286 e. The summed E-state index contributed by atoms with van der Waals surface area (Å²) in [4.78, 5) is 23.0. The fourth-order valence-electron chi connectivity index (χ4n) is 2.13. The van der Waals surface area contributed by atoms with Crippen molar-refractivity contribution in [3.63, 3.8) is 0 Å². The number of amides is 1. The number of phenols is 1. The van der Waals surface area contributed by atoms with Crippen LogP contribution < -0.4 is 0 Å². The van der Waals surface area contributed by atoms with Crippen molar-refractivity contribution in [2.45, 2.75) is 0 Å². The van der Waals surface area contributed by atoms with Crippen molar-refractivity contribution in [1.82, 2.24) is 5.01 Å². The van der Waals surface area contributed by atoms with E-state index in [1.165, 1.54) is 42.6 Å². The largest absolute Gasteiger partial charge is 0.508 e. The van der Waals surface area contributed by atoms with E-state index in [-0.39, 0.29) is 21.7 Å². The topological polar surface area (TPSA) is 96.0 Å². The molecule has 130 valence electrons. The Hall–Kier alpha value is -3.04. The Balaban J connectivity index is 1.77. The Bertz CT molecular complexity index is 955. The molecule has 1 N–H and O–H groups in total. The van der Waals surface area contributed by atoms with Crippen LogP contribution in [0.4, 0.5) is 5.69 Å². The van der Waals surface area contributed by atoms with E-state index in [0.717, 1.165) is 16.8 Å². The van der Waals surface area contributed by atoms with Crippen molar-refractivity contribution >= 4 is 52.2 Å². The standard InChI is InChI=1S/C17H11N3O4S2/c21-14-3-1-2-12(8-14)9-15-16(22)19(17(25)26-15)18-10-11-4-6-13(7-5-11)20(23)24/h1-10,21H/b15-9+,18-10+. The summed E-state index contributed by atoms with van der Waals surface area (Å²) in [7, 11) is 0. The van der Waals surface area contributed by atoms with Gasteiger partial charge in [0.25, 0.3) is 11.6 Å². The molecule has 3 rings (SSSR count). The molecule has 2 aromatic carbocycles. The predicted molar refractivity (Wildman–Crippen MR) is 104 cm³/mol. The molecular formula is C17H11N3O4S2. The van der Waals surface area contributed by atoms with E-state index in [1.807, 2.05) is 0 Å². The monoisotopic (exact) mass is 385 g/mol. The molecule has 0 spiro atoms. The fraction of sp³-hybridized carbons (Fsp3) is 0. The molecule has 1 fully saturated rings. The lowest BCUT2D eigenvalue weighted by Crippen LogP contribution is -2.22. The number of non-ortho nitro benzene ring substituents is 1. The third-order valence-electron chi connectivity index (χ3n) is 3.37. The van der Waals surface area contributed by atoms with Crippen LogP contribution in [0, 0.1) is 10.1 Å². The smallest absolute Gasteiger partial charge is 0.286 e. The number of thiocarbonyl (C=S) groups is 1. The third-order valence-corrected chi connectivity index (χ3v) is 4.65. The number of phenolic OH excluding ortho intramolecular Hbond substituents is 1. The van der Waals surface area contributed by atoms with Gasteiger partial charge in [0.15, 0.2) is 4.32 Å². The SMILES string of the molecule is O=C1/C(=C\c2cccc(O)c2)SC(=S)N1/N=C/c1ccc([N+](=O)[O-])cc1. The molecule has 1 aliphatic heterocycles. The highest BCUT2D eigenvalue weighted by Crippen LogP contribution is 2.33. The lowest BCUT2D eigenvalue weighted by molar-refractivity contribution is -0.384. The van der Waals surface area contributed by atoms with E-state index in [2.05, 4.69) is 5.10 Å². The van der Waals surface area contributed by atoms with Crippen LogP contribution in [0.25, 0.3) is 6.08 Å². The lowest BCUT2D eigenvalue weighted by atomic mass is 10.2. The van der Waals surface area contributed by atoms with E-state index < -0.39 is 4.92 Å². The molecule has 2 aromatic rings. The Kier molecular flexibility index (Phi) is 5.10. The zero-order valence-electron chi connectivity index (χ0n) is 13.1. The normalized spacial score (nSPS) is 16.0. The first-order valence-corrected chi connectivity index (χ1v) is 8.52. The van der Waals surface area contributed by atoms with E-state index in [0.29, 0.717) is 16.0 Å². The Labute approximate surface area is 157 Å². The van der Waals surface area contributed by atoms with Crippen LogP contribution in [-0.4, -0.2) is 31.5 Å². The lowest BCUT2D eigenvalue weighted by Gasteiger charge is -2.05. The fourth-order valence-corrected chi connectivity index (χ4v) is 3.30. The Morgan fingerprint density at radius 3 is 2.58 bits per heavy atom. The molecule has 0 saturated carbocycles. The minimum atomic E-state index is -0.491. The average Bonchev–Trinajstić information content (AvgIpc) is 2.87. The van der Waals surface area contributed by atoms with Crippen LogP contribution in [-0.2, 0) is 4.79 Å². The highest BCUT2D eigenvalue weighted by Gasteiger charge is 2.32. The van der Waals surface area contributed by atoms with E-state index >= 15 is 0 Å². The van der Waals surface area contributed by atoms with Crippen molar-refractivity contribution in [3.05, 3.63) is 74.7 Å². The zero-order chi connectivity index (χ0) is 18.7. The van der Waals surface area contributed by atoms with Crippen LogP contribution in [0.2, 0.25) is 0 Å². The van der Waals surface area contributed by atoms with Crippen molar-refractivity contribution in [3.8, 4) is 5.75 Å². The maximum atomic E-state index is 12.5. The van der Waals surface area contributed by atoms with Gasteiger partial charge in [-0.2, -0.15) is 10.1 Å². The number of hydrogen-bond acceptors (Lipinski definition) is 7. The summed E-state index contributed by atoms with van der Waals surface area (Å²) in [6.45, 7) is 0. The molecule has 0 bridgehead atoms. The van der Waals surface area contributed by atoms with E-state index in [1.54, 1.807) is 18.2 Å². The molecule has 1 amide bonds. The van der Waals surface area contributed by atoms with Crippen LogP contribution in [0.3, 0.4) is 0 Å². The number of hydrogen-bond donors (Lipinski definition) is 1. The number of rotatable bonds is 4. The molecule has 1 aliphatic rings. The molecule has 0 aliphatic carbocycles. The number of hydrazone groups is 1. The number of thioether (sulfide) groups is 1. The highest BCUT2D eigenvalue weighted by atomic mass is 32.2. The number of carbonyl (C=O) groups is 1. The first-order valence-electron chi connectivity index (χ1n) is 7.29. The van der Waals surface area contributed by atoms with Crippen LogP contribution >= 0.6 is 24.0 Å². The molecule has 1 saturated heterocycles. The second-order valence-electron chi connectivity index (χ2n) is 5.18. The molecule has 0 radical (unpaired) electrons. The van der Waals surface area contributed by atoms with Crippen molar-refractivity contribution in [2.75, 3.05) is 0 Å². The molecule has 0 unspecified atom stereocenters. The second-order valence-corrected chi connectivity index (χ2v) is 6.86. The molecule has 1 heterocycles. The van der Waals surface area contributed by atoms with Gasteiger partial charge in [-0.15, -0.1) is 0 Å². The summed E-state index contributed by atoms with van der Waals surface area (Å²) < 4.78 is 0.277. The highest BCUT2D eigenvalue weighted by molar-refractivity contribution is 8.26. The molecule has 7 nitrogen and oxygen atoms in total. The number of nitro groups is 1. The predicted octanol–water partition coefficient (Wildman–Crippen LogP) is 3.54. The summed E-state index contributed by atoms with van der Waals surface area (Å²) in [5.41, 5.74) is 1.24. The second kappa shape index (κ2) is 7.46. The van der Waals surface area contributed by atoms with Gasteiger partial charge in [-0.25, -0.2) is 0 Å². The van der Waals surface area contributed by atoms with Gasteiger partial charge in [-0.3, -0.25) is 14.9 Å². The van der Waals surface area contributed by atoms with Crippen molar-refractivity contribution in [1.29, 1.82) is 0 Å². The number of carbonyl (C=O) groups excluding carboxylic acids is 1. The Morgan fingerprint density at radius 2 is 1.92 bits per heavy atom. The summed E-state index contributed by atoms with van der Waals surface area (Å²) in [5.74, 6) is -0.271. The van der Waals surface area contributed by atoms with E-state index in [9.17, 15) is 20.0 Å². The first kappa shape index (κ1) is 17.8. The average molecular weight is 385 g/mol. The molecule has 0 atom stereocenters. The van der Waals surface area contributed by atoms with Gasteiger partial charge in [0.2, 0.25) is 0 Å². The van der Waals surface area contributed by atoms with Gasteiger partial charge >= 0.3 is 0 Å². The first-order chi connectivity index (χ1) is 12.4. The molecular weight excluding hydrogens is 374 g/mol. The van der Waals surface area contributed by atoms with E-state index in [4.69, 9.17) is 12.2 Å². The van der Waals surface area contributed by atoms with Gasteiger partial charge < -0.3 is 5.11 Å². The summed E-state index contributed by atoms with van der Waals surface area (Å²) in [5, 5.41) is 25.3. The quantitative estimate of drug-likeness (QED) is 0.284. The molecule has 0 aromatic heterocycles. The zero-order valence-corrected chi connectivity index (χ0v) is 14.7. The maximum absolute atomic E-state index is 12.5. The van der Waals surface area contributed by atoms with Gasteiger partial charge in [0.1, 0.15) is 5.75 Å². The van der Waals surface area contributed by atoms with Gasteiger partial charge in [-0.1, -0.05) is 23.9 Å². The minimum absolute atomic E-state index is 0.0261. The van der Waals surface area contributed by atoms with Gasteiger partial charge in [-0.05, 0) is 53.7 Å². The summed E-state index contributed by atoms with van der Waals surface area (Å²) >= 11 is 6.29. The van der Waals surface area contributed by atoms with Crippen LogP contribution in [0.1, 0.15) is 11.1 Å². The third kappa shape index (κ3) is 3.95. The van der Waals surface area contributed by atoms with Crippen LogP contribution in [0.15, 0.2) is 58.5 Å². The number of nitrogens with zero attached hydrogens (tertiary/aromatic N) is 3. The number of benzene rings is 2. The summed E-state index contributed by atoms with van der Waals surface area (Å²) in [6.07, 6.45) is 3.03. The number of aromatic hydroxyl groups is 1. The van der Waals surface area contributed by atoms with Crippen molar-refractivity contribution in [2.24, 2.45) is 5.10 Å². The minimum Gasteiger partial charge on any atom is -0.508 e. The van der Waals surface area contributed by atoms with Crippen molar-refractivity contribution < 1.29 is 14.8 Å². The Morgan fingerprint density at radius 1 is 1.19 bits per heavy atom. The van der Waals surface area contributed by atoms with Crippen LogP contribution in [0.5, 0.6) is 5.75 Å². The molecule has 9 heteroatoms.